The second-order valence-electron chi connectivity index (χ2n) is 10.1. The Morgan fingerprint density at radius 1 is 1.08 bits per heavy atom. The van der Waals surface area contributed by atoms with E-state index >= 15 is 0 Å². The lowest BCUT2D eigenvalue weighted by Gasteiger charge is -2.40. The van der Waals surface area contributed by atoms with Gasteiger partial charge in [-0.2, -0.15) is 0 Å². The minimum Gasteiger partial charge on any atom is -0.393 e. The van der Waals surface area contributed by atoms with Crippen LogP contribution in [-0.4, -0.2) is 55.2 Å². The molecule has 0 radical (unpaired) electrons. The normalized spacial score (nSPS) is 24.9. The van der Waals surface area contributed by atoms with Gasteiger partial charge in [0.05, 0.1) is 34.0 Å². The van der Waals surface area contributed by atoms with Crippen LogP contribution in [0.2, 0.25) is 5.02 Å². The van der Waals surface area contributed by atoms with Crippen LogP contribution in [0.25, 0.3) is 0 Å². The van der Waals surface area contributed by atoms with Gasteiger partial charge >= 0.3 is 0 Å². The van der Waals surface area contributed by atoms with Crippen molar-refractivity contribution in [1.29, 1.82) is 0 Å². The van der Waals surface area contributed by atoms with Crippen LogP contribution in [0, 0.1) is 29.3 Å². The summed E-state index contributed by atoms with van der Waals surface area (Å²) in [5.74, 6) is -5.38. The molecule has 2 fully saturated rings. The molecule has 12 heteroatoms. The SMILES string of the molecule is O=C(Nc1cc(F)c(F)c(F)c1)c1ccc(Cl)c(S(=O)(=O)CCCCO[C@H]2C3CCC2C[C@](O)(CO)C3)c1. The molecule has 3 N–H and O–H groups in total. The van der Waals surface area contributed by atoms with Crippen LogP contribution in [0.5, 0.6) is 0 Å². The Morgan fingerprint density at radius 2 is 1.71 bits per heavy atom. The molecule has 2 aliphatic rings. The predicted octanol–water partition coefficient (Wildman–Crippen LogP) is 4.49. The number of carbonyl (C=O) groups is 1. The average molecular weight is 576 g/mol. The van der Waals surface area contributed by atoms with Crippen molar-refractivity contribution in [2.24, 2.45) is 11.8 Å². The van der Waals surface area contributed by atoms with Gasteiger partial charge in [-0.05, 0) is 68.6 Å². The summed E-state index contributed by atoms with van der Waals surface area (Å²) in [7, 11) is -3.87. The number of ether oxygens (including phenoxy) is 1. The first-order valence-electron chi connectivity index (χ1n) is 12.4. The molecule has 0 aromatic heterocycles. The topological polar surface area (TPSA) is 113 Å². The van der Waals surface area contributed by atoms with Crippen molar-refractivity contribution >= 4 is 33.0 Å². The summed E-state index contributed by atoms with van der Waals surface area (Å²) < 4.78 is 72.0. The fourth-order valence-corrected chi connectivity index (χ4v) is 7.42. The van der Waals surface area contributed by atoms with Gasteiger partial charge in [0.15, 0.2) is 27.3 Å². The highest BCUT2D eigenvalue weighted by Crippen LogP contribution is 2.48. The summed E-state index contributed by atoms with van der Waals surface area (Å²) in [5, 5.41) is 22.0. The van der Waals surface area contributed by atoms with E-state index in [1.807, 2.05) is 0 Å². The third-order valence-electron chi connectivity index (χ3n) is 7.30. The Bertz CT molecular complexity index is 1270. The van der Waals surface area contributed by atoms with Gasteiger partial charge in [-0.25, -0.2) is 21.6 Å². The van der Waals surface area contributed by atoms with Crippen LogP contribution in [-0.2, 0) is 14.6 Å². The molecule has 1 amide bonds. The number of hydrogen-bond acceptors (Lipinski definition) is 6. The van der Waals surface area contributed by atoms with E-state index in [0.717, 1.165) is 18.9 Å². The highest BCUT2D eigenvalue weighted by molar-refractivity contribution is 7.91. The standard InChI is InChI=1S/C26H29ClF3NO6S/c27-19-6-5-15(25(33)31-18-10-20(28)23(30)21(29)11-18)9-22(19)38(35,36)8-2-1-7-37-24-16-3-4-17(24)13-26(34,12-16)14-32/h5-6,9-11,16-17,24,32,34H,1-4,7-8,12-14H2,(H,31,33)/t16?,17?,24-,26-. The molecular formula is C26H29ClF3NO6S. The lowest BCUT2D eigenvalue weighted by Crippen LogP contribution is -2.46. The molecule has 2 aliphatic carbocycles. The first kappa shape index (κ1) is 28.8. The molecule has 0 heterocycles. The van der Waals surface area contributed by atoms with Gasteiger partial charge in [0.25, 0.3) is 5.91 Å². The number of benzene rings is 2. The van der Waals surface area contributed by atoms with Crippen molar-refractivity contribution in [1.82, 2.24) is 0 Å². The van der Waals surface area contributed by atoms with Crippen LogP contribution in [0.1, 0.15) is 48.9 Å². The van der Waals surface area contributed by atoms with Crippen LogP contribution in [0.4, 0.5) is 18.9 Å². The van der Waals surface area contributed by atoms with E-state index in [1.165, 1.54) is 12.1 Å². The number of carbonyl (C=O) groups excluding carboxylic acids is 1. The highest BCUT2D eigenvalue weighted by Gasteiger charge is 2.49. The fourth-order valence-electron chi connectivity index (χ4n) is 5.48. The molecule has 7 nitrogen and oxygen atoms in total. The summed E-state index contributed by atoms with van der Waals surface area (Å²) in [6, 6.07) is 4.80. The van der Waals surface area contributed by atoms with Crippen molar-refractivity contribution in [2.45, 2.75) is 55.1 Å². The Balaban J connectivity index is 1.32. The third-order valence-corrected chi connectivity index (χ3v) is 9.58. The lowest BCUT2D eigenvalue weighted by molar-refractivity contribution is -0.116. The van der Waals surface area contributed by atoms with Crippen molar-refractivity contribution < 1.29 is 41.3 Å². The summed E-state index contributed by atoms with van der Waals surface area (Å²) >= 11 is 6.11. The van der Waals surface area contributed by atoms with Crippen molar-refractivity contribution in [2.75, 3.05) is 24.3 Å². The Kier molecular flexibility index (Phi) is 8.73. The number of rotatable bonds is 10. The van der Waals surface area contributed by atoms with E-state index in [-0.39, 0.29) is 57.9 Å². The quantitative estimate of drug-likeness (QED) is 0.284. The Morgan fingerprint density at radius 3 is 2.32 bits per heavy atom. The number of aliphatic hydroxyl groups is 2. The van der Waals surface area contributed by atoms with Gasteiger partial charge in [-0.15, -0.1) is 0 Å². The smallest absolute Gasteiger partial charge is 0.255 e. The van der Waals surface area contributed by atoms with Crippen molar-refractivity contribution in [3.8, 4) is 0 Å². The van der Waals surface area contributed by atoms with Crippen LogP contribution in [0.3, 0.4) is 0 Å². The van der Waals surface area contributed by atoms with Crippen LogP contribution < -0.4 is 5.32 Å². The first-order valence-corrected chi connectivity index (χ1v) is 14.4. The maximum atomic E-state index is 13.4. The Labute approximate surface area is 223 Å². The molecule has 2 aromatic rings. The third kappa shape index (κ3) is 6.34. The minimum atomic E-state index is -3.87. The monoisotopic (exact) mass is 575 g/mol. The summed E-state index contributed by atoms with van der Waals surface area (Å²) in [6.45, 7) is 0.0883. The van der Waals surface area contributed by atoms with Gasteiger partial charge in [0, 0.05) is 30.0 Å². The zero-order chi connectivity index (χ0) is 27.7. The number of anilines is 1. The highest BCUT2D eigenvalue weighted by atomic mass is 35.5. The van der Waals surface area contributed by atoms with E-state index in [9.17, 15) is 36.6 Å². The number of amides is 1. The summed E-state index contributed by atoms with van der Waals surface area (Å²) in [4.78, 5) is 12.3. The molecule has 2 unspecified atom stereocenters. The van der Waals surface area contributed by atoms with Crippen molar-refractivity contribution in [3.05, 3.63) is 58.4 Å². The van der Waals surface area contributed by atoms with Crippen LogP contribution >= 0.6 is 11.6 Å². The number of fused-ring (bicyclic) bond motifs is 2. The lowest BCUT2D eigenvalue weighted by atomic mass is 9.76. The molecule has 0 spiro atoms. The average Bonchev–Trinajstić information content (AvgIpc) is 3.11. The molecule has 4 rings (SSSR count). The summed E-state index contributed by atoms with van der Waals surface area (Å²) in [5.41, 5.74) is -1.49. The number of unbranched alkanes of at least 4 members (excludes halogenated alkanes) is 1. The van der Waals surface area contributed by atoms with Gasteiger partial charge < -0.3 is 20.3 Å². The van der Waals surface area contributed by atoms with E-state index < -0.39 is 38.8 Å². The van der Waals surface area contributed by atoms with E-state index in [1.54, 1.807) is 0 Å². The van der Waals surface area contributed by atoms with Gasteiger partial charge in [0.1, 0.15) is 0 Å². The number of halogens is 4. The van der Waals surface area contributed by atoms with Gasteiger partial charge in [0.2, 0.25) is 0 Å². The van der Waals surface area contributed by atoms with E-state index in [4.69, 9.17) is 16.3 Å². The van der Waals surface area contributed by atoms with Gasteiger partial charge in [-0.1, -0.05) is 11.6 Å². The molecule has 2 saturated carbocycles. The maximum absolute atomic E-state index is 13.4. The Hall–Kier alpha value is -2.18. The van der Waals surface area contributed by atoms with Crippen LogP contribution in [0.15, 0.2) is 35.2 Å². The zero-order valence-corrected chi connectivity index (χ0v) is 22.0. The molecule has 2 atom stereocenters. The zero-order valence-electron chi connectivity index (χ0n) is 20.4. The largest absolute Gasteiger partial charge is 0.393 e. The molecular weight excluding hydrogens is 547 g/mol. The molecule has 2 bridgehead atoms. The molecule has 0 saturated heterocycles. The van der Waals surface area contributed by atoms with Crippen molar-refractivity contribution in [3.63, 3.8) is 0 Å². The first-order chi connectivity index (χ1) is 17.9. The number of sulfone groups is 1. The molecule has 208 valence electrons. The number of aliphatic hydroxyl groups excluding tert-OH is 1. The van der Waals surface area contributed by atoms with E-state index in [2.05, 4.69) is 5.32 Å². The molecule has 38 heavy (non-hydrogen) atoms. The second kappa shape index (κ2) is 11.5. The molecule has 2 aromatic carbocycles. The van der Waals surface area contributed by atoms with Gasteiger partial charge in [-0.3, -0.25) is 4.79 Å². The molecule has 0 aliphatic heterocycles. The number of nitrogens with one attached hydrogen (secondary N) is 1. The minimum absolute atomic E-state index is 0.00821. The number of hydrogen-bond donors (Lipinski definition) is 3. The van der Waals surface area contributed by atoms with E-state index in [0.29, 0.717) is 38.0 Å². The second-order valence-corrected chi connectivity index (χ2v) is 12.6. The predicted molar refractivity (Wildman–Crippen MR) is 134 cm³/mol. The fraction of sp³-hybridized carbons (Fsp3) is 0.500. The maximum Gasteiger partial charge on any atom is 0.255 e. The summed E-state index contributed by atoms with van der Waals surface area (Å²) in [6.07, 6.45) is 3.59.